The number of benzene rings is 3. The van der Waals surface area contributed by atoms with E-state index in [2.05, 4.69) is 51.0 Å². The number of phenols is 3. The molecule has 3 aliphatic carbocycles. The van der Waals surface area contributed by atoms with E-state index in [-0.39, 0.29) is 72.5 Å². The van der Waals surface area contributed by atoms with E-state index in [0.29, 0.717) is 45.0 Å². The lowest BCUT2D eigenvalue weighted by atomic mass is 9.89. The standard InChI is InChI=1S/C50H72N6O7/c1-4-31-17-34-25-51-40-11-5-7-13-42(40)53-27-36-19-32(23-46(57)62-2)21-38(49(36)60)29-55-44-15-9-10-16-45(44)56-30-39-22-33(24-47(58)63-3)20-37(50(39)61)28-54-43-14-8-6-12-41(43)52-26-35(18-31)48(34)59/h17-22,40-45,51-56,59-61H,4-16,23-30H2,1-3H3. The lowest BCUT2D eigenvalue weighted by Gasteiger charge is -2.34. The normalized spacial score (nSPS) is 25.3. The second-order valence-electron chi connectivity index (χ2n) is 18.4. The third-order valence-corrected chi connectivity index (χ3v) is 14.2. The highest BCUT2D eigenvalue weighted by atomic mass is 16.5. The van der Waals surface area contributed by atoms with Crippen LogP contribution in [0.4, 0.5) is 0 Å². The Labute approximate surface area is 373 Å². The van der Waals surface area contributed by atoms with Crippen LogP contribution in [-0.4, -0.2) is 77.7 Å². The van der Waals surface area contributed by atoms with Gasteiger partial charge in [-0.05, 0) is 61.6 Å². The number of carbonyl (C=O) groups excluding carboxylic acids is 2. The number of esters is 2. The van der Waals surface area contributed by atoms with Crippen molar-refractivity contribution in [3.05, 3.63) is 86.5 Å². The van der Waals surface area contributed by atoms with Crippen LogP contribution in [0, 0.1) is 0 Å². The minimum Gasteiger partial charge on any atom is -0.507 e. The van der Waals surface area contributed by atoms with Gasteiger partial charge in [-0.3, -0.25) is 9.59 Å². The number of aromatic hydroxyl groups is 3. The van der Waals surface area contributed by atoms with Crippen LogP contribution in [0.3, 0.4) is 0 Å². The van der Waals surface area contributed by atoms with Gasteiger partial charge in [0.05, 0.1) is 27.1 Å². The van der Waals surface area contributed by atoms with Crippen LogP contribution >= 0.6 is 0 Å². The molecule has 3 saturated carbocycles. The van der Waals surface area contributed by atoms with Gasteiger partial charge in [-0.15, -0.1) is 0 Å². The van der Waals surface area contributed by atoms with Gasteiger partial charge >= 0.3 is 11.9 Å². The SMILES string of the molecule is CCc1cc2c(O)c(c1)CNC1CCCCC1NCc1cc(CC(=O)OC)cc(c1O)CNC1CCCCC1NCc1cc(CC(=O)OC)cc(c1O)CNC1CCCCC1NC2. The largest absolute Gasteiger partial charge is 0.507 e. The number of fused-ring (bicyclic) bond motifs is 9. The maximum Gasteiger partial charge on any atom is 0.309 e. The molecule has 0 saturated heterocycles. The number of nitrogens with one attached hydrogen (secondary N) is 6. The van der Waals surface area contributed by atoms with Crippen molar-refractivity contribution < 1.29 is 34.4 Å². The summed E-state index contributed by atoms with van der Waals surface area (Å²) >= 11 is 0. The molecule has 6 bridgehead atoms. The number of methoxy groups -OCH3 is 2. The highest BCUT2D eigenvalue weighted by Crippen LogP contribution is 2.32. The average molecular weight is 869 g/mol. The first-order chi connectivity index (χ1) is 30.6. The number of ether oxygens (including phenoxy) is 2. The molecular weight excluding hydrogens is 797 g/mol. The van der Waals surface area contributed by atoms with E-state index in [1.807, 2.05) is 24.3 Å². The van der Waals surface area contributed by atoms with E-state index in [1.165, 1.54) is 19.8 Å². The Morgan fingerprint density at radius 1 is 0.444 bits per heavy atom. The second kappa shape index (κ2) is 22.6. The fourth-order valence-electron chi connectivity index (χ4n) is 10.5. The van der Waals surface area contributed by atoms with Crippen molar-refractivity contribution >= 4 is 11.9 Å². The third kappa shape index (κ3) is 12.3. The topological polar surface area (TPSA) is 185 Å². The molecule has 0 spiro atoms. The molecule has 13 nitrogen and oxygen atoms in total. The zero-order chi connectivity index (χ0) is 44.3. The van der Waals surface area contributed by atoms with Gasteiger partial charge < -0.3 is 56.7 Å². The van der Waals surface area contributed by atoms with Gasteiger partial charge in [0, 0.05) is 109 Å². The van der Waals surface area contributed by atoms with Gasteiger partial charge in [-0.1, -0.05) is 81.8 Å². The van der Waals surface area contributed by atoms with Crippen LogP contribution in [0.2, 0.25) is 0 Å². The first-order valence-corrected chi connectivity index (χ1v) is 23.7. The molecule has 4 aliphatic rings. The van der Waals surface area contributed by atoms with Gasteiger partial charge in [-0.2, -0.15) is 0 Å². The molecule has 3 aromatic rings. The first kappa shape index (κ1) is 46.7. The van der Waals surface area contributed by atoms with Crippen molar-refractivity contribution in [2.75, 3.05) is 14.2 Å². The molecule has 7 rings (SSSR count). The van der Waals surface area contributed by atoms with Crippen molar-refractivity contribution in [2.24, 2.45) is 0 Å². The monoisotopic (exact) mass is 869 g/mol. The summed E-state index contributed by atoms with van der Waals surface area (Å²) < 4.78 is 10.1. The van der Waals surface area contributed by atoms with E-state index in [0.717, 1.165) is 128 Å². The van der Waals surface area contributed by atoms with E-state index < -0.39 is 0 Å². The van der Waals surface area contributed by atoms with Crippen molar-refractivity contribution in [1.82, 2.24) is 31.9 Å². The molecule has 1 heterocycles. The van der Waals surface area contributed by atoms with E-state index in [1.54, 1.807) is 0 Å². The summed E-state index contributed by atoms with van der Waals surface area (Å²) in [5, 5.41) is 58.0. The van der Waals surface area contributed by atoms with Crippen LogP contribution in [0.1, 0.15) is 134 Å². The summed E-state index contributed by atoms with van der Waals surface area (Å²) in [5.41, 5.74) is 7.49. The maximum atomic E-state index is 12.5. The molecule has 0 radical (unpaired) electrons. The zero-order valence-electron chi connectivity index (χ0n) is 37.8. The van der Waals surface area contributed by atoms with Crippen molar-refractivity contribution in [1.29, 1.82) is 0 Å². The highest BCUT2D eigenvalue weighted by molar-refractivity contribution is 5.73. The quantitative estimate of drug-likeness (QED) is 0.143. The number of carbonyl (C=O) groups is 2. The first-order valence-electron chi connectivity index (χ1n) is 23.7. The Hall–Kier alpha value is -4.24. The molecule has 9 N–H and O–H groups in total. The van der Waals surface area contributed by atoms with Crippen molar-refractivity contribution in [2.45, 2.75) is 179 Å². The number of hydrogen-bond donors (Lipinski definition) is 9. The zero-order valence-corrected chi connectivity index (χ0v) is 37.8. The molecular formula is C50H72N6O7. The maximum absolute atomic E-state index is 12.5. The van der Waals surface area contributed by atoms with Crippen LogP contribution in [0.25, 0.3) is 0 Å². The van der Waals surface area contributed by atoms with Crippen LogP contribution in [0.15, 0.2) is 36.4 Å². The van der Waals surface area contributed by atoms with Crippen LogP contribution in [-0.2, 0) is 77.6 Å². The second-order valence-corrected chi connectivity index (χ2v) is 18.4. The van der Waals surface area contributed by atoms with Crippen LogP contribution in [0.5, 0.6) is 17.2 Å². The Morgan fingerprint density at radius 3 is 0.873 bits per heavy atom. The summed E-state index contributed by atoms with van der Waals surface area (Å²) in [6, 6.07) is 12.8. The highest BCUT2D eigenvalue weighted by Gasteiger charge is 2.29. The van der Waals surface area contributed by atoms with Gasteiger partial charge in [0.1, 0.15) is 17.2 Å². The van der Waals surface area contributed by atoms with Gasteiger partial charge in [0.25, 0.3) is 0 Å². The predicted octanol–water partition coefficient (Wildman–Crippen LogP) is 5.68. The fourth-order valence-corrected chi connectivity index (χ4v) is 10.5. The Kier molecular flexibility index (Phi) is 16.8. The average Bonchev–Trinajstić information content (AvgIpc) is 3.30. The molecule has 3 fully saturated rings. The Balaban J connectivity index is 1.21. The Bertz CT molecular complexity index is 1890. The molecule has 0 amide bonds. The molecule has 13 heteroatoms. The summed E-state index contributed by atoms with van der Waals surface area (Å²) in [7, 11) is 2.79. The number of aryl methyl sites for hydroxylation is 1. The summed E-state index contributed by atoms with van der Waals surface area (Å²) in [4.78, 5) is 25.0. The van der Waals surface area contributed by atoms with Crippen molar-refractivity contribution in [3.8, 4) is 17.2 Å². The smallest absolute Gasteiger partial charge is 0.309 e. The third-order valence-electron chi connectivity index (χ3n) is 14.2. The minimum absolute atomic E-state index is 0.103. The Morgan fingerprint density at radius 2 is 0.667 bits per heavy atom. The summed E-state index contributed by atoms with van der Waals surface area (Å²) in [6.07, 6.45) is 13.6. The lowest BCUT2D eigenvalue weighted by molar-refractivity contribution is -0.140. The van der Waals surface area contributed by atoms with Gasteiger partial charge in [0.2, 0.25) is 0 Å². The molecule has 63 heavy (non-hydrogen) atoms. The van der Waals surface area contributed by atoms with Crippen molar-refractivity contribution in [3.63, 3.8) is 0 Å². The van der Waals surface area contributed by atoms with E-state index >= 15 is 0 Å². The fraction of sp³-hybridized carbons (Fsp3) is 0.600. The number of rotatable bonds is 5. The van der Waals surface area contributed by atoms with E-state index in [9.17, 15) is 24.9 Å². The molecule has 1 aliphatic heterocycles. The molecule has 3 aromatic carbocycles. The lowest BCUT2D eigenvalue weighted by Crippen LogP contribution is -2.49. The molecule has 344 valence electrons. The van der Waals surface area contributed by atoms with Gasteiger partial charge in [0.15, 0.2) is 0 Å². The van der Waals surface area contributed by atoms with E-state index in [4.69, 9.17) is 9.47 Å². The van der Waals surface area contributed by atoms with Gasteiger partial charge in [-0.25, -0.2) is 0 Å². The molecule has 6 atom stereocenters. The van der Waals surface area contributed by atoms with Crippen LogP contribution < -0.4 is 31.9 Å². The number of hydrogen-bond acceptors (Lipinski definition) is 13. The number of phenolic OH excluding ortho intramolecular Hbond substituents is 3. The summed E-state index contributed by atoms with van der Waals surface area (Å²) in [6.45, 7) is 4.93. The predicted molar refractivity (Wildman–Crippen MR) is 244 cm³/mol. The summed E-state index contributed by atoms with van der Waals surface area (Å²) in [5.74, 6) is 0.0965. The minimum atomic E-state index is -0.334. The molecule has 0 aromatic heterocycles. The molecule has 6 unspecified atom stereocenters.